The zero-order valence-electron chi connectivity index (χ0n) is 17.3. The number of hydrogen-bond donors (Lipinski definition) is 3. The molecule has 0 fully saturated rings. The van der Waals surface area contributed by atoms with Crippen molar-refractivity contribution in [1.82, 2.24) is 10.6 Å². The predicted octanol–water partition coefficient (Wildman–Crippen LogP) is 4.07. The third-order valence-electron chi connectivity index (χ3n) is 3.80. The summed E-state index contributed by atoms with van der Waals surface area (Å²) >= 11 is 2.13. The van der Waals surface area contributed by atoms with E-state index < -0.39 is 11.7 Å². The monoisotopic (exact) mass is 523 g/mol. The van der Waals surface area contributed by atoms with Gasteiger partial charge in [-0.25, -0.2) is 4.79 Å². The van der Waals surface area contributed by atoms with E-state index in [9.17, 15) is 14.4 Å². The molecule has 0 aromatic heterocycles. The van der Waals surface area contributed by atoms with Crippen molar-refractivity contribution in [3.63, 3.8) is 0 Å². The van der Waals surface area contributed by atoms with E-state index in [1.807, 2.05) is 30.3 Å². The summed E-state index contributed by atoms with van der Waals surface area (Å²) in [6.07, 6.45) is -0.437. The fraction of sp³-hybridized carbons (Fsp3) is 0.318. The maximum atomic E-state index is 12.3. The SMILES string of the molecule is CC(C)(C)OC(=O)NCCC(=O)Nc1cccc(CNC(=O)c2ccccc2I)c1. The van der Waals surface area contributed by atoms with Gasteiger partial charge in [-0.05, 0) is 73.2 Å². The molecule has 30 heavy (non-hydrogen) atoms. The van der Waals surface area contributed by atoms with Crippen LogP contribution in [0.3, 0.4) is 0 Å². The number of benzene rings is 2. The van der Waals surface area contributed by atoms with Gasteiger partial charge in [0, 0.05) is 28.8 Å². The van der Waals surface area contributed by atoms with Crippen LogP contribution in [0, 0.1) is 3.57 Å². The van der Waals surface area contributed by atoms with Crippen LogP contribution in [0.1, 0.15) is 43.1 Å². The first kappa shape index (κ1) is 23.7. The van der Waals surface area contributed by atoms with Crippen LogP contribution >= 0.6 is 22.6 Å². The topological polar surface area (TPSA) is 96.5 Å². The number of alkyl carbamates (subject to hydrolysis) is 1. The molecule has 0 saturated carbocycles. The van der Waals surface area contributed by atoms with E-state index in [0.29, 0.717) is 17.8 Å². The van der Waals surface area contributed by atoms with E-state index >= 15 is 0 Å². The van der Waals surface area contributed by atoms with Gasteiger partial charge in [0.1, 0.15) is 5.60 Å². The molecule has 2 aromatic rings. The molecule has 0 saturated heterocycles. The summed E-state index contributed by atoms with van der Waals surface area (Å²) in [5, 5.41) is 8.22. The number of anilines is 1. The summed E-state index contributed by atoms with van der Waals surface area (Å²) in [6.45, 7) is 5.83. The molecule has 8 heteroatoms. The summed E-state index contributed by atoms with van der Waals surface area (Å²) < 4.78 is 6.01. The van der Waals surface area contributed by atoms with E-state index in [1.165, 1.54) is 0 Å². The molecule has 0 heterocycles. The van der Waals surface area contributed by atoms with Crippen LogP contribution in [0.4, 0.5) is 10.5 Å². The molecule has 0 unspecified atom stereocenters. The fourth-order valence-electron chi connectivity index (χ4n) is 2.50. The summed E-state index contributed by atoms with van der Waals surface area (Å²) in [6, 6.07) is 14.6. The smallest absolute Gasteiger partial charge is 0.407 e. The van der Waals surface area contributed by atoms with Crippen molar-refractivity contribution in [1.29, 1.82) is 0 Å². The Morgan fingerprint density at radius 3 is 2.43 bits per heavy atom. The Bertz CT molecular complexity index is 909. The van der Waals surface area contributed by atoms with Gasteiger partial charge >= 0.3 is 6.09 Å². The van der Waals surface area contributed by atoms with E-state index in [-0.39, 0.29) is 24.8 Å². The number of hydrogen-bond acceptors (Lipinski definition) is 4. The molecule has 0 atom stereocenters. The molecule has 3 amide bonds. The lowest BCUT2D eigenvalue weighted by Crippen LogP contribution is -2.34. The second-order valence-corrected chi connectivity index (χ2v) is 8.75. The lowest BCUT2D eigenvalue weighted by atomic mass is 10.1. The van der Waals surface area contributed by atoms with E-state index in [1.54, 1.807) is 39.0 Å². The molecule has 3 N–H and O–H groups in total. The lowest BCUT2D eigenvalue weighted by molar-refractivity contribution is -0.116. The number of nitrogens with one attached hydrogen (secondary N) is 3. The highest BCUT2D eigenvalue weighted by atomic mass is 127. The van der Waals surface area contributed by atoms with E-state index in [2.05, 4.69) is 38.5 Å². The molecule has 7 nitrogen and oxygen atoms in total. The Kier molecular flexibility index (Phi) is 8.64. The number of rotatable bonds is 7. The Hall–Kier alpha value is -2.62. The molecular weight excluding hydrogens is 497 g/mol. The largest absolute Gasteiger partial charge is 0.444 e. The minimum absolute atomic E-state index is 0.118. The Morgan fingerprint density at radius 1 is 1.00 bits per heavy atom. The number of halogens is 1. The molecule has 2 rings (SSSR count). The molecule has 160 valence electrons. The van der Waals surface area contributed by atoms with Gasteiger partial charge in [-0.2, -0.15) is 0 Å². The van der Waals surface area contributed by atoms with Gasteiger partial charge in [-0.1, -0.05) is 24.3 Å². The van der Waals surface area contributed by atoms with Crippen LogP contribution in [-0.2, 0) is 16.1 Å². The Labute approximate surface area is 190 Å². The van der Waals surface area contributed by atoms with Crippen LogP contribution in [0.5, 0.6) is 0 Å². The molecule has 0 spiro atoms. The molecule has 0 radical (unpaired) electrons. The zero-order chi connectivity index (χ0) is 22.1. The minimum atomic E-state index is -0.582. The standard InChI is InChI=1S/C22H26IN3O4/c1-22(2,3)30-21(29)24-12-11-19(27)26-16-8-6-7-15(13-16)14-25-20(28)17-9-4-5-10-18(17)23/h4-10,13H,11-12,14H2,1-3H3,(H,24,29)(H,25,28)(H,26,27). The quantitative estimate of drug-likeness (QED) is 0.477. The first-order valence-corrected chi connectivity index (χ1v) is 10.6. The van der Waals surface area contributed by atoms with Crippen molar-refractivity contribution in [2.45, 2.75) is 39.3 Å². The van der Waals surface area contributed by atoms with E-state index in [4.69, 9.17) is 4.74 Å². The van der Waals surface area contributed by atoms with Crippen molar-refractivity contribution >= 4 is 46.2 Å². The zero-order valence-corrected chi connectivity index (χ0v) is 19.4. The predicted molar refractivity (Wildman–Crippen MR) is 124 cm³/mol. The summed E-state index contributed by atoms with van der Waals surface area (Å²) in [4.78, 5) is 36.0. The fourth-order valence-corrected chi connectivity index (χ4v) is 3.13. The summed E-state index contributed by atoms with van der Waals surface area (Å²) in [5.74, 6) is -0.381. The third kappa shape index (κ3) is 8.40. The van der Waals surface area contributed by atoms with Crippen molar-refractivity contribution in [3.8, 4) is 0 Å². The molecular formula is C22H26IN3O4. The van der Waals surface area contributed by atoms with Gasteiger partial charge in [0.2, 0.25) is 5.91 Å². The maximum Gasteiger partial charge on any atom is 0.407 e. The normalized spacial score (nSPS) is 10.8. The van der Waals surface area contributed by atoms with E-state index in [0.717, 1.165) is 9.13 Å². The third-order valence-corrected chi connectivity index (χ3v) is 4.74. The highest BCUT2D eigenvalue weighted by molar-refractivity contribution is 14.1. The van der Waals surface area contributed by atoms with Gasteiger partial charge in [0.05, 0.1) is 5.56 Å². The second kappa shape index (κ2) is 11.0. The van der Waals surface area contributed by atoms with Gasteiger partial charge in [-0.3, -0.25) is 9.59 Å². The van der Waals surface area contributed by atoms with Crippen LogP contribution < -0.4 is 16.0 Å². The first-order valence-electron chi connectivity index (χ1n) is 9.52. The average molecular weight is 523 g/mol. The van der Waals surface area contributed by atoms with Gasteiger partial charge in [0.15, 0.2) is 0 Å². The molecule has 0 bridgehead atoms. The van der Waals surface area contributed by atoms with Crippen LogP contribution in [0.15, 0.2) is 48.5 Å². The molecule has 0 aliphatic rings. The number of carbonyl (C=O) groups is 3. The van der Waals surface area contributed by atoms with Crippen LogP contribution in [-0.4, -0.2) is 30.1 Å². The second-order valence-electron chi connectivity index (χ2n) is 7.59. The Balaban J connectivity index is 1.81. The van der Waals surface area contributed by atoms with Gasteiger partial charge < -0.3 is 20.7 Å². The van der Waals surface area contributed by atoms with Crippen molar-refractivity contribution < 1.29 is 19.1 Å². The highest BCUT2D eigenvalue weighted by Crippen LogP contribution is 2.13. The van der Waals surface area contributed by atoms with Crippen molar-refractivity contribution in [3.05, 3.63) is 63.2 Å². The average Bonchev–Trinajstić information content (AvgIpc) is 2.65. The van der Waals surface area contributed by atoms with Gasteiger partial charge in [0.25, 0.3) is 5.91 Å². The van der Waals surface area contributed by atoms with Gasteiger partial charge in [-0.15, -0.1) is 0 Å². The summed E-state index contributed by atoms with van der Waals surface area (Å²) in [7, 11) is 0. The lowest BCUT2D eigenvalue weighted by Gasteiger charge is -2.19. The van der Waals surface area contributed by atoms with Crippen molar-refractivity contribution in [2.24, 2.45) is 0 Å². The van der Waals surface area contributed by atoms with Crippen LogP contribution in [0.2, 0.25) is 0 Å². The highest BCUT2D eigenvalue weighted by Gasteiger charge is 2.16. The number of amides is 3. The van der Waals surface area contributed by atoms with Crippen LogP contribution in [0.25, 0.3) is 0 Å². The number of carbonyl (C=O) groups excluding carboxylic acids is 3. The molecule has 2 aromatic carbocycles. The molecule has 0 aliphatic heterocycles. The maximum absolute atomic E-state index is 12.3. The first-order chi connectivity index (χ1) is 14.1. The van der Waals surface area contributed by atoms with Crippen molar-refractivity contribution in [2.75, 3.05) is 11.9 Å². The molecule has 0 aliphatic carbocycles. The minimum Gasteiger partial charge on any atom is -0.444 e. The Morgan fingerprint density at radius 2 is 1.73 bits per heavy atom. The number of ether oxygens (including phenoxy) is 1. The summed E-state index contributed by atoms with van der Waals surface area (Å²) in [5.41, 5.74) is 1.53.